The Morgan fingerprint density at radius 2 is 1.67 bits per heavy atom. The van der Waals surface area contributed by atoms with Crippen LogP contribution in [0.2, 0.25) is 10.0 Å². The fourth-order valence-electron chi connectivity index (χ4n) is 1.68. The van der Waals surface area contributed by atoms with E-state index >= 15 is 0 Å². The average Bonchev–Trinajstić information content (AvgIpc) is 2.56. The van der Waals surface area contributed by atoms with Gasteiger partial charge in [0.2, 0.25) is 0 Å². The molecule has 0 aliphatic carbocycles. The van der Waals surface area contributed by atoms with Crippen molar-refractivity contribution in [2.75, 3.05) is 11.9 Å². The van der Waals surface area contributed by atoms with Crippen LogP contribution in [0.15, 0.2) is 48.5 Å². The number of rotatable bonds is 4. The van der Waals surface area contributed by atoms with Crippen molar-refractivity contribution in [2.45, 2.75) is 0 Å². The number of amides is 3. The molecule has 3 amide bonds. The van der Waals surface area contributed by atoms with Gasteiger partial charge in [-0.2, -0.15) is 0 Å². The van der Waals surface area contributed by atoms with E-state index in [1.54, 1.807) is 30.3 Å². The predicted molar refractivity (Wildman–Crippen MR) is 90.3 cm³/mol. The van der Waals surface area contributed by atoms with Crippen molar-refractivity contribution in [3.05, 3.63) is 64.1 Å². The third kappa shape index (κ3) is 5.26. The lowest BCUT2D eigenvalue weighted by molar-refractivity contribution is -0.123. The van der Waals surface area contributed by atoms with Crippen molar-refractivity contribution >= 4 is 46.8 Å². The molecule has 0 saturated carbocycles. The van der Waals surface area contributed by atoms with Gasteiger partial charge in [0.25, 0.3) is 5.91 Å². The Labute approximate surface area is 147 Å². The van der Waals surface area contributed by atoms with E-state index in [2.05, 4.69) is 5.32 Å². The van der Waals surface area contributed by atoms with Gasteiger partial charge in [0.1, 0.15) is 0 Å². The monoisotopic (exact) mass is 366 g/mol. The van der Waals surface area contributed by atoms with E-state index in [9.17, 15) is 14.4 Å². The molecule has 0 fully saturated rings. The van der Waals surface area contributed by atoms with E-state index in [1.165, 1.54) is 18.2 Å². The normalized spacial score (nSPS) is 9.92. The number of benzene rings is 2. The number of hydrogen-bond donors (Lipinski definition) is 2. The SMILES string of the molecule is O=C(COC(=O)c1ccc(Cl)c(Cl)c1)NC(=O)Nc1ccccc1. The first-order chi connectivity index (χ1) is 11.5. The van der Waals surface area contributed by atoms with Crippen LogP contribution in [0.5, 0.6) is 0 Å². The topological polar surface area (TPSA) is 84.5 Å². The second-order valence-corrected chi connectivity index (χ2v) is 5.39. The van der Waals surface area contributed by atoms with Gasteiger partial charge >= 0.3 is 12.0 Å². The van der Waals surface area contributed by atoms with Gasteiger partial charge in [-0.3, -0.25) is 10.1 Å². The Balaban J connectivity index is 1.81. The van der Waals surface area contributed by atoms with Gasteiger partial charge in [0, 0.05) is 5.69 Å². The van der Waals surface area contributed by atoms with Crippen LogP contribution < -0.4 is 10.6 Å². The zero-order valence-corrected chi connectivity index (χ0v) is 13.7. The molecule has 0 bridgehead atoms. The summed E-state index contributed by atoms with van der Waals surface area (Å²) in [6.45, 7) is -0.610. The number of nitrogens with one attached hydrogen (secondary N) is 2. The third-order valence-electron chi connectivity index (χ3n) is 2.77. The summed E-state index contributed by atoms with van der Waals surface area (Å²) >= 11 is 11.5. The Bertz CT molecular complexity index is 766. The molecule has 2 rings (SSSR count). The molecule has 24 heavy (non-hydrogen) atoms. The molecule has 124 valence electrons. The second-order valence-electron chi connectivity index (χ2n) is 4.57. The number of para-hydroxylation sites is 1. The number of anilines is 1. The summed E-state index contributed by atoms with van der Waals surface area (Å²) in [7, 11) is 0. The maximum Gasteiger partial charge on any atom is 0.338 e. The summed E-state index contributed by atoms with van der Waals surface area (Å²) in [5, 5.41) is 4.99. The maximum atomic E-state index is 11.8. The number of carbonyl (C=O) groups is 3. The van der Waals surface area contributed by atoms with E-state index in [4.69, 9.17) is 27.9 Å². The first kappa shape index (κ1) is 17.8. The van der Waals surface area contributed by atoms with Crippen LogP contribution in [-0.2, 0) is 9.53 Å². The largest absolute Gasteiger partial charge is 0.452 e. The van der Waals surface area contributed by atoms with Gasteiger partial charge in [-0.05, 0) is 30.3 Å². The van der Waals surface area contributed by atoms with Crippen molar-refractivity contribution in [3.8, 4) is 0 Å². The quantitative estimate of drug-likeness (QED) is 0.811. The summed E-state index contributed by atoms with van der Waals surface area (Å²) in [6, 6.07) is 12.0. The minimum absolute atomic E-state index is 0.144. The van der Waals surface area contributed by atoms with Gasteiger partial charge in [0.15, 0.2) is 6.61 Å². The molecule has 0 heterocycles. The van der Waals surface area contributed by atoms with E-state index in [1.807, 2.05) is 5.32 Å². The molecule has 0 saturated heterocycles. The van der Waals surface area contributed by atoms with Gasteiger partial charge < -0.3 is 10.1 Å². The van der Waals surface area contributed by atoms with Crippen molar-refractivity contribution in [3.63, 3.8) is 0 Å². The average molecular weight is 367 g/mol. The lowest BCUT2D eigenvalue weighted by atomic mass is 10.2. The number of esters is 1. The summed E-state index contributed by atoms with van der Waals surface area (Å²) in [4.78, 5) is 35.0. The highest BCUT2D eigenvalue weighted by Gasteiger charge is 2.13. The molecule has 2 aromatic rings. The van der Waals surface area contributed by atoms with Crippen LogP contribution in [0, 0.1) is 0 Å². The lowest BCUT2D eigenvalue weighted by Crippen LogP contribution is -2.37. The highest BCUT2D eigenvalue weighted by molar-refractivity contribution is 6.42. The fraction of sp³-hybridized carbons (Fsp3) is 0.0625. The Hall–Kier alpha value is -2.57. The molecular weight excluding hydrogens is 355 g/mol. The highest BCUT2D eigenvalue weighted by atomic mass is 35.5. The highest BCUT2D eigenvalue weighted by Crippen LogP contribution is 2.22. The second kappa shape index (κ2) is 8.33. The number of urea groups is 1. The molecule has 0 aliphatic heterocycles. The molecule has 0 aliphatic rings. The van der Waals surface area contributed by atoms with Gasteiger partial charge in [-0.15, -0.1) is 0 Å². The third-order valence-corrected chi connectivity index (χ3v) is 3.51. The lowest BCUT2D eigenvalue weighted by Gasteiger charge is -2.07. The number of imide groups is 1. The molecule has 0 unspecified atom stereocenters. The van der Waals surface area contributed by atoms with Crippen LogP contribution >= 0.6 is 23.2 Å². The van der Waals surface area contributed by atoms with Gasteiger partial charge in [0.05, 0.1) is 15.6 Å². The molecule has 0 radical (unpaired) electrons. The Morgan fingerprint density at radius 3 is 2.33 bits per heavy atom. The van der Waals surface area contributed by atoms with E-state index in [0.717, 1.165) is 0 Å². The minimum atomic E-state index is -0.767. The first-order valence-electron chi connectivity index (χ1n) is 6.74. The van der Waals surface area contributed by atoms with Crippen LogP contribution in [0.25, 0.3) is 0 Å². The minimum Gasteiger partial charge on any atom is -0.452 e. The summed E-state index contributed by atoms with van der Waals surface area (Å²) in [5.41, 5.74) is 0.668. The molecule has 0 aromatic heterocycles. The number of ether oxygens (including phenoxy) is 1. The maximum absolute atomic E-state index is 11.8. The number of carbonyl (C=O) groups excluding carboxylic acids is 3. The molecule has 2 aromatic carbocycles. The van der Waals surface area contributed by atoms with E-state index < -0.39 is 24.5 Å². The standard InChI is InChI=1S/C16H12Cl2N2O4/c17-12-7-6-10(8-13(12)18)15(22)24-9-14(21)20-16(23)19-11-4-2-1-3-5-11/h1-8H,9H2,(H2,19,20,21,23). The summed E-state index contributed by atoms with van der Waals surface area (Å²) < 4.78 is 4.80. The van der Waals surface area contributed by atoms with Crippen molar-refractivity contribution < 1.29 is 19.1 Å². The Kier molecular flexibility index (Phi) is 6.17. The van der Waals surface area contributed by atoms with E-state index in [-0.39, 0.29) is 10.6 Å². The smallest absolute Gasteiger partial charge is 0.338 e. The van der Waals surface area contributed by atoms with Crippen LogP contribution in [0.3, 0.4) is 0 Å². The molecule has 0 spiro atoms. The predicted octanol–water partition coefficient (Wildman–Crippen LogP) is 3.50. The van der Waals surface area contributed by atoms with E-state index in [0.29, 0.717) is 10.7 Å². The van der Waals surface area contributed by atoms with Crippen molar-refractivity contribution in [2.24, 2.45) is 0 Å². The zero-order chi connectivity index (χ0) is 17.5. The first-order valence-corrected chi connectivity index (χ1v) is 7.49. The zero-order valence-electron chi connectivity index (χ0n) is 12.2. The number of halogens is 2. The Morgan fingerprint density at radius 1 is 0.958 bits per heavy atom. The van der Waals surface area contributed by atoms with Gasteiger partial charge in [-0.1, -0.05) is 41.4 Å². The molecular formula is C16H12Cl2N2O4. The van der Waals surface area contributed by atoms with Crippen molar-refractivity contribution in [1.82, 2.24) is 5.32 Å². The molecule has 8 heteroatoms. The molecule has 0 atom stereocenters. The van der Waals surface area contributed by atoms with Crippen LogP contribution in [0.1, 0.15) is 10.4 Å². The summed E-state index contributed by atoms with van der Waals surface area (Å²) in [5.74, 6) is -1.52. The van der Waals surface area contributed by atoms with Gasteiger partial charge in [-0.25, -0.2) is 9.59 Å². The van der Waals surface area contributed by atoms with Crippen LogP contribution in [-0.4, -0.2) is 24.5 Å². The van der Waals surface area contributed by atoms with Crippen LogP contribution in [0.4, 0.5) is 10.5 Å². The fourth-order valence-corrected chi connectivity index (χ4v) is 1.98. The molecule has 2 N–H and O–H groups in total. The molecule has 6 nitrogen and oxygen atoms in total. The summed E-state index contributed by atoms with van der Waals surface area (Å²) in [6.07, 6.45) is 0. The number of hydrogen-bond acceptors (Lipinski definition) is 4. The van der Waals surface area contributed by atoms with Crippen molar-refractivity contribution in [1.29, 1.82) is 0 Å².